The second-order valence-corrected chi connectivity index (χ2v) is 6.06. The fourth-order valence-corrected chi connectivity index (χ4v) is 2.95. The van der Waals surface area contributed by atoms with Crippen LogP contribution >= 0.6 is 11.6 Å². The Hall–Kier alpha value is -2.52. The number of halogens is 1. The van der Waals surface area contributed by atoms with Crippen molar-refractivity contribution in [2.24, 2.45) is 0 Å². The largest absolute Gasteiger partial charge is 0.508 e. The number of carbonyl (C=O) groups is 1. The third-order valence-corrected chi connectivity index (χ3v) is 4.32. The molecule has 0 aliphatic rings. The van der Waals surface area contributed by atoms with E-state index in [9.17, 15) is 9.90 Å². The Bertz CT molecular complexity index is 874. The van der Waals surface area contributed by atoms with Crippen molar-refractivity contribution in [2.75, 3.05) is 0 Å². The summed E-state index contributed by atoms with van der Waals surface area (Å²) >= 11 is 5.98. The highest BCUT2D eigenvalue weighted by Crippen LogP contribution is 2.36. The number of amides is 1. The van der Waals surface area contributed by atoms with E-state index >= 15 is 0 Å². The molecule has 3 rings (SSSR count). The van der Waals surface area contributed by atoms with Crippen molar-refractivity contribution in [2.45, 2.75) is 19.4 Å². The molecule has 122 valence electrons. The second-order valence-electron chi connectivity index (χ2n) is 5.63. The van der Waals surface area contributed by atoms with Crippen LogP contribution in [0.1, 0.15) is 30.5 Å². The minimum absolute atomic E-state index is 0.0812. The zero-order chi connectivity index (χ0) is 17.1. The molecule has 0 saturated heterocycles. The molecular formula is C20H18ClNO2. The molecular weight excluding hydrogens is 322 g/mol. The molecule has 0 radical (unpaired) electrons. The first kappa shape index (κ1) is 16.3. The van der Waals surface area contributed by atoms with Crippen molar-refractivity contribution in [3.8, 4) is 5.75 Å². The van der Waals surface area contributed by atoms with E-state index < -0.39 is 6.04 Å². The number of nitrogens with one attached hydrogen (secondary N) is 1. The predicted octanol–water partition coefficient (Wildman–Crippen LogP) is 4.81. The van der Waals surface area contributed by atoms with Crippen LogP contribution in [0.25, 0.3) is 10.8 Å². The Balaban J connectivity index is 2.20. The number of phenols is 1. The molecule has 3 aromatic rings. The van der Waals surface area contributed by atoms with E-state index in [4.69, 9.17) is 11.6 Å². The number of aromatic hydroxyl groups is 1. The predicted molar refractivity (Wildman–Crippen MR) is 97.3 cm³/mol. The van der Waals surface area contributed by atoms with E-state index in [1.54, 1.807) is 25.1 Å². The molecule has 24 heavy (non-hydrogen) atoms. The Labute approximate surface area is 145 Å². The molecule has 3 aromatic carbocycles. The van der Waals surface area contributed by atoms with Crippen LogP contribution in [-0.2, 0) is 4.79 Å². The number of hydrogen-bond donors (Lipinski definition) is 2. The van der Waals surface area contributed by atoms with Gasteiger partial charge < -0.3 is 10.4 Å². The Morgan fingerprint density at radius 1 is 1.08 bits per heavy atom. The summed E-state index contributed by atoms with van der Waals surface area (Å²) in [5.74, 6) is 0.0762. The summed E-state index contributed by atoms with van der Waals surface area (Å²) in [7, 11) is 0. The maximum absolute atomic E-state index is 12.1. The quantitative estimate of drug-likeness (QED) is 0.716. The molecule has 0 heterocycles. The van der Waals surface area contributed by atoms with Crippen molar-refractivity contribution < 1.29 is 9.90 Å². The number of rotatable bonds is 4. The number of carbonyl (C=O) groups excluding carboxylic acids is 1. The lowest BCUT2D eigenvalue weighted by molar-refractivity contribution is -0.121. The van der Waals surface area contributed by atoms with Crippen LogP contribution < -0.4 is 5.32 Å². The zero-order valence-corrected chi connectivity index (χ0v) is 14.0. The van der Waals surface area contributed by atoms with Gasteiger partial charge in [0.05, 0.1) is 6.04 Å². The lowest BCUT2D eigenvalue weighted by atomic mass is 9.92. The molecule has 0 aliphatic carbocycles. The van der Waals surface area contributed by atoms with Gasteiger partial charge in [0.15, 0.2) is 0 Å². The summed E-state index contributed by atoms with van der Waals surface area (Å²) in [6.07, 6.45) is 0.371. The summed E-state index contributed by atoms with van der Waals surface area (Å²) in [4.78, 5) is 12.1. The van der Waals surface area contributed by atoms with Crippen LogP contribution in [0.4, 0.5) is 0 Å². The lowest BCUT2D eigenvalue weighted by Crippen LogP contribution is -2.28. The molecule has 2 N–H and O–H groups in total. The molecule has 0 spiro atoms. The van der Waals surface area contributed by atoms with E-state index in [0.29, 0.717) is 17.0 Å². The number of benzene rings is 3. The van der Waals surface area contributed by atoms with Gasteiger partial charge in [-0.1, -0.05) is 61.0 Å². The maximum Gasteiger partial charge on any atom is 0.220 e. The average Bonchev–Trinajstić information content (AvgIpc) is 2.61. The summed E-state index contributed by atoms with van der Waals surface area (Å²) in [5.41, 5.74) is 1.56. The smallest absolute Gasteiger partial charge is 0.220 e. The van der Waals surface area contributed by atoms with Gasteiger partial charge in [-0.2, -0.15) is 0 Å². The molecule has 1 amide bonds. The van der Waals surface area contributed by atoms with Gasteiger partial charge in [0, 0.05) is 17.0 Å². The fraction of sp³-hybridized carbons (Fsp3) is 0.150. The highest BCUT2D eigenvalue weighted by Gasteiger charge is 2.22. The van der Waals surface area contributed by atoms with Gasteiger partial charge in [-0.25, -0.2) is 0 Å². The second kappa shape index (κ2) is 6.93. The van der Waals surface area contributed by atoms with Crippen LogP contribution in [0.3, 0.4) is 0 Å². The molecule has 0 fully saturated rings. The average molecular weight is 340 g/mol. The molecule has 0 unspecified atom stereocenters. The molecule has 0 saturated carbocycles. The highest BCUT2D eigenvalue weighted by atomic mass is 35.5. The van der Waals surface area contributed by atoms with E-state index in [1.165, 1.54) is 0 Å². The van der Waals surface area contributed by atoms with E-state index in [-0.39, 0.29) is 11.7 Å². The van der Waals surface area contributed by atoms with Crippen molar-refractivity contribution >= 4 is 28.3 Å². The minimum Gasteiger partial charge on any atom is -0.508 e. The van der Waals surface area contributed by atoms with Crippen LogP contribution in [0, 0.1) is 0 Å². The van der Waals surface area contributed by atoms with Gasteiger partial charge in [-0.3, -0.25) is 4.79 Å². The zero-order valence-electron chi connectivity index (χ0n) is 13.3. The number of hydrogen-bond acceptors (Lipinski definition) is 2. The molecule has 0 aromatic heterocycles. The van der Waals surface area contributed by atoms with Crippen molar-refractivity contribution in [3.63, 3.8) is 0 Å². The Morgan fingerprint density at radius 3 is 2.50 bits per heavy atom. The highest BCUT2D eigenvalue weighted by molar-refractivity contribution is 6.30. The maximum atomic E-state index is 12.1. The number of fused-ring (bicyclic) bond motifs is 1. The Morgan fingerprint density at radius 2 is 1.79 bits per heavy atom. The van der Waals surface area contributed by atoms with Crippen molar-refractivity contribution in [1.29, 1.82) is 0 Å². The summed E-state index contributed by atoms with van der Waals surface area (Å²) < 4.78 is 0. The molecule has 1 atom stereocenters. The summed E-state index contributed by atoms with van der Waals surface area (Å²) in [5, 5.41) is 16.1. The first-order valence-corrected chi connectivity index (χ1v) is 8.23. The first-order chi connectivity index (χ1) is 11.6. The standard InChI is InChI=1S/C20H18ClNO2/c1-2-18(24)22-20(14-7-10-15(21)11-8-14)19-16-6-4-3-5-13(16)9-12-17(19)23/h3-12,20,23H,2H2,1H3,(H,22,24)/t20-/m1/s1. The summed E-state index contributed by atoms with van der Waals surface area (Å²) in [6, 6.07) is 18.2. The first-order valence-electron chi connectivity index (χ1n) is 7.85. The van der Waals surface area contributed by atoms with Crippen molar-refractivity contribution in [3.05, 3.63) is 76.8 Å². The van der Waals surface area contributed by atoms with Crippen LogP contribution in [0.15, 0.2) is 60.7 Å². The van der Waals surface area contributed by atoms with Gasteiger partial charge in [-0.05, 0) is 34.5 Å². The molecule has 0 bridgehead atoms. The van der Waals surface area contributed by atoms with Crippen LogP contribution in [-0.4, -0.2) is 11.0 Å². The lowest BCUT2D eigenvalue weighted by Gasteiger charge is -2.22. The van der Waals surface area contributed by atoms with E-state index in [1.807, 2.05) is 42.5 Å². The van der Waals surface area contributed by atoms with Gasteiger partial charge >= 0.3 is 0 Å². The Kier molecular flexibility index (Phi) is 4.72. The van der Waals surface area contributed by atoms with Crippen molar-refractivity contribution in [1.82, 2.24) is 5.32 Å². The number of phenolic OH excluding ortho intramolecular Hbond substituents is 1. The topological polar surface area (TPSA) is 49.3 Å². The minimum atomic E-state index is -0.444. The fourth-order valence-electron chi connectivity index (χ4n) is 2.83. The third kappa shape index (κ3) is 3.22. The van der Waals surface area contributed by atoms with Gasteiger partial charge in [0.25, 0.3) is 0 Å². The van der Waals surface area contributed by atoms with Gasteiger partial charge in [0.1, 0.15) is 5.75 Å². The monoisotopic (exact) mass is 339 g/mol. The van der Waals surface area contributed by atoms with Crippen LogP contribution in [0.2, 0.25) is 5.02 Å². The SMILES string of the molecule is CCC(=O)N[C@H](c1ccc(Cl)cc1)c1c(O)ccc2ccccc12. The molecule has 4 heteroatoms. The van der Waals surface area contributed by atoms with Gasteiger partial charge in [-0.15, -0.1) is 0 Å². The third-order valence-electron chi connectivity index (χ3n) is 4.07. The van der Waals surface area contributed by atoms with Crippen LogP contribution in [0.5, 0.6) is 5.75 Å². The normalized spacial score (nSPS) is 12.1. The van der Waals surface area contributed by atoms with Gasteiger partial charge in [0.2, 0.25) is 5.91 Å². The molecule has 3 nitrogen and oxygen atoms in total. The van der Waals surface area contributed by atoms with E-state index in [2.05, 4.69) is 5.32 Å². The molecule has 0 aliphatic heterocycles. The van der Waals surface area contributed by atoms with E-state index in [0.717, 1.165) is 16.3 Å². The summed E-state index contributed by atoms with van der Waals surface area (Å²) in [6.45, 7) is 1.80.